The predicted molar refractivity (Wildman–Crippen MR) is 123 cm³/mol. The highest BCUT2D eigenvalue weighted by Gasteiger charge is 2.33. The minimum absolute atomic E-state index is 0.196. The van der Waals surface area contributed by atoms with E-state index in [1.54, 1.807) is 25.6 Å². The van der Waals surface area contributed by atoms with E-state index in [1.807, 2.05) is 24.0 Å². The molecule has 0 unspecified atom stereocenters. The molecule has 3 aromatic heterocycles. The number of rotatable bonds is 7. The average molecular weight is 436 g/mol. The molecule has 0 bridgehead atoms. The van der Waals surface area contributed by atoms with Gasteiger partial charge >= 0.3 is 0 Å². The fraction of sp³-hybridized carbons (Fsp3) is 0.435. The second-order valence-corrected chi connectivity index (χ2v) is 7.78. The monoisotopic (exact) mass is 435 g/mol. The van der Waals surface area contributed by atoms with Gasteiger partial charge in [-0.3, -0.25) is 0 Å². The molecule has 4 rings (SSSR count). The van der Waals surface area contributed by atoms with E-state index < -0.39 is 6.10 Å². The lowest BCUT2D eigenvalue weighted by molar-refractivity contribution is 0.186. The van der Waals surface area contributed by atoms with Gasteiger partial charge in [-0.15, -0.1) is 0 Å². The standard InChI is InChI=1S/C23H29N7O2/c1-5-16-21(15-8-9-20(32-4)26-14(15)3)27-17(6-2)22(28-16)29-18-12-30(13-19(18)31)23-24-10-7-11-25-23/h7-11,18-19,31H,5-6,12-13H2,1-4H3,(H,28,29)/t18-,19+/m1/s1. The largest absolute Gasteiger partial charge is 0.481 e. The summed E-state index contributed by atoms with van der Waals surface area (Å²) >= 11 is 0. The SMILES string of the molecule is CCc1nc(-c2ccc(OC)nc2C)c(CC)nc1N[C@@H]1CN(c2ncccn2)C[C@@H]1O. The Balaban J connectivity index is 1.63. The Hall–Kier alpha value is -3.33. The number of methoxy groups -OCH3 is 1. The van der Waals surface area contributed by atoms with Crippen LogP contribution in [0.25, 0.3) is 11.3 Å². The van der Waals surface area contributed by atoms with Gasteiger partial charge in [0.2, 0.25) is 11.8 Å². The molecule has 2 atom stereocenters. The number of nitrogens with one attached hydrogen (secondary N) is 1. The third-order valence-electron chi connectivity index (χ3n) is 5.68. The van der Waals surface area contributed by atoms with Crippen LogP contribution in [0.2, 0.25) is 0 Å². The van der Waals surface area contributed by atoms with Crippen molar-refractivity contribution in [3.8, 4) is 17.1 Å². The second-order valence-electron chi connectivity index (χ2n) is 7.78. The number of aryl methyl sites for hydroxylation is 3. The van der Waals surface area contributed by atoms with Gasteiger partial charge in [-0.25, -0.2) is 24.9 Å². The lowest BCUT2D eigenvalue weighted by Crippen LogP contribution is -2.33. The molecule has 168 valence electrons. The topological polar surface area (TPSA) is 109 Å². The maximum absolute atomic E-state index is 10.7. The van der Waals surface area contributed by atoms with Gasteiger partial charge in [0.25, 0.3) is 0 Å². The number of β-amino-alcohol motifs (C(OH)–C–C–N with tert-alkyl or cyclic N) is 1. The summed E-state index contributed by atoms with van der Waals surface area (Å²) in [5.41, 5.74) is 4.38. The first-order valence-corrected chi connectivity index (χ1v) is 10.9. The number of nitrogens with zero attached hydrogens (tertiary/aromatic N) is 6. The molecule has 9 heteroatoms. The van der Waals surface area contributed by atoms with E-state index in [-0.39, 0.29) is 6.04 Å². The molecule has 32 heavy (non-hydrogen) atoms. The normalized spacial score (nSPS) is 18.1. The Bertz CT molecular complexity index is 1080. The summed E-state index contributed by atoms with van der Waals surface area (Å²) in [4.78, 5) is 25.0. The van der Waals surface area contributed by atoms with Crippen molar-refractivity contribution in [2.45, 2.75) is 45.8 Å². The number of aliphatic hydroxyl groups is 1. The van der Waals surface area contributed by atoms with Gasteiger partial charge in [-0.1, -0.05) is 13.8 Å². The molecule has 0 radical (unpaired) electrons. The first-order valence-electron chi connectivity index (χ1n) is 10.9. The zero-order valence-electron chi connectivity index (χ0n) is 18.9. The molecule has 0 amide bonds. The second kappa shape index (κ2) is 9.44. The van der Waals surface area contributed by atoms with E-state index in [0.717, 1.165) is 34.8 Å². The number of aliphatic hydroxyl groups excluding tert-OH is 1. The van der Waals surface area contributed by atoms with Crippen LogP contribution in [0.3, 0.4) is 0 Å². The Labute approximate surface area is 188 Å². The number of ether oxygens (including phenoxy) is 1. The van der Waals surface area contributed by atoms with Crippen molar-refractivity contribution in [3.05, 3.63) is 47.7 Å². The highest BCUT2D eigenvalue weighted by molar-refractivity contribution is 5.66. The summed E-state index contributed by atoms with van der Waals surface area (Å²) in [6.45, 7) is 7.12. The highest BCUT2D eigenvalue weighted by Crippen LogP contribution is 2.29. The molecule has 0 aromatic carbocycles. The summed E-state index contributed by atoms with van der Waals surface area (Å²) in [6, 6.07) is 5.41. The molecule has 0 aliphatic carbocycles. The highest BCUT2D eigenvalue weighted by atomic mass is 16.5. The molecule has 1 aliphatic heterocycles. The van der Waals surface area contributed by atoms with Crippen LogP contribution in [0.5, 0.6) is 5.88 Å². The van der Waals surface area contributed by atoms with Crippen LogP contribution in [-0.2, 0) is 12.8 Å². The smallest absolute Gasteiger partial charge is 0.225 e. The van der Waals surface area contributed by atoms with Gasteiger partial charge in [0.15, 0.2) is 0 Å². The third kappa shape index (κ3) is 4.34. The molecule has 0 saturated carbocycles. The molecule has 1 aliphatic rings. The summed E-state index contributed by atoms with van der Waals surface area (Å²) in [7, 11) is 1.61. The third-order valence-corrected chi connectivity index (χ3v) is 5.68. The quantitative estimate of drug-likeness (QED) is 0.578. The van der Waals surface area contributed by atoms with E-state index >= 15 is 0 Å². The van der Waals surface area contributed by atoms with E-state index in [0.29, 0.717) is 37.2 Å². The average Bonchev–Trinajstić information content (AvgIpc) is 3.19. The van der Waals surface area contributed by atoms with Crippen LogP contribution in [-0.4, -0.2) is 62.4 Å². The number of hydrogen-bond acceptors (Lipinski definition) is 9. The molecule has 9 nitrogen and oxygen atoms in total. The lowest BCUT2D eigenvalue weighted by Gasteiger charge is -2.20. The van der Waals surface area contributed by atoms with Crippen molar-refractivity contribution < 1.29 is 9.84 Å². The van der Waals surface area contributed by atoms with E-state index in [2.05, 4.69) is 34.1 Å². The number of pyridine rings is 1. The summed E-state index contributed by atoms with van der Waals surface area (Å²) < 4.78 is 5.24. The molecule has 1 saturated heterocycles. The Kier molecular flexibility index (Phi) is 6.45. The van der Waals surface area contributed by atoms with E-state index in [9.17, 15) is 5.11 Å². The molecular formula is C23H29N7O2. The van der Waals surface area contributed by atoms with Crippen molar-refractivity contribution >= 4 is 11.8 Å². The first kappa shape index (κ1) is 21.9. The fourth-order valence-corrected chi connectivity index (χ4v) is 3.95. The van der Waals surface area contributed by atoms with Crippen molar-refractivity contribution in [3.63, 3.8) is 0 Å². The number of aromatic nitrogens is 5. The van der Waals surface area contributed by atoms with Crippen LogP contribution in [0.15, 0.2) is 30.6 Å². The zero-order chi connectivity index (χ0) is 22.7. The summed E-state index contributed by atoms with van der Waals surface area (Å²) in [5.74, 6) is 1.91. The Morgan fingerprint density at radius 1 is 1.06 bits per heavy atom. The van der Waals surface area contributed by atoms with Gasteiger partial charge < -0.3 is 20.1 Å². The lowest BCUT2D eigenvalue weighted by atomic mass is 10.1. The summed E-state index contributed by atoms with van der Waals surface area (Å²) in [5, 5.41) is 14.1. The van der Waals surface area contributed by atoms with Gasteiger partial charge in [-0.05, 0) is 31.9 Å². The van der Waals surface area contributed by atoms with Crippen LogP contribution in [0.1, 0.15) is 30.9 Å². The van der Waals surface area contributed by atoms with Gasteiger partial charge in [0.05, 0.1) is 42.0 Å². The maximum atomic E-state index is 10.7. The minimum atomic E-state index is -0.567. The molecular weight excluding hydrogens is 406 g/mol. The predicted octanol–water partition coefficient (Wildman–Crippen LogP) is 2.43. The number of anilines is 2. The summed E-state index contributed by atoms with van der Waals surface area (Å²) in [6.07, 6.45) is 4.28. The minimum Gasteiger partial charge on any atom is -0.481 e. The van der Waals surface area contributed by atoms with E-state index in [4.69, 9.17) is 14.7 Å². The van der Waals surface area contributed by atoms with Crippen molar-refractivity contribution in [2.75, 3.05) is 30.4 Å². The maximum Gasteiger partial charge on any atom is 0.225 e. The first-order chi connectivity index (χ1) is 15.5. The van der Waals surface area contributed by atoms with Gasteiger partial charge in [0.1, 0.15) is 5.82 Å². The Morgan fingerprint density at radius 2 is 1.81 bits per heavy atom. The van der Waals surface area contributed by atoms with Crippen LogP contribution in [0.4, 0.5) is 11.8 Å². The van der Waals surface area contributed by atoms with Crippen LogP contribution >= 0.6 is 0 Å². The van der Waals surface area contributed by atoms with Gasteiger partial charge in [0, 0.05) is 37.1 Å². The van der Waals surface area contributed by atoms with Crippen LogP contribution in [0, 0.1) is 6.92 Å². The van der Waals surface area contributed by atoms with Gasteiger partial charge in [-0.2, -0.15) is 0 Å². The fourth-order valence-electron chi connectivity index (χ4n) is 3.95. The molecule has 1 fully saturated rings. The molecule has 2 N–H and O–H groups in total. The van der Waals surface area contributed by atoms with Crippen LogP contribution < -0.4 is 15.0 Å². The van der Waals surface area contributed by atoms with Crippen molar-refractivity contribution in [2.24, 2.45) is 0 Å². The molecule has 3 aromatic rings. The van der Waals surface area contributed by atoms with E-state index in [1.165, 1.54) is 0 Å². The Morgan fingerprint density at radius 3 is 2.47 bits per heavy atom. The number of hydrogen-bond donors (Lipinski definition) is 2. The zero-order valence-corrected chi connectivity index (χ0v) is 18.9. The van der Waals surface area contributed by atoms with Crippen molar-refractivity contribution in [1.29, 1.82) is 0 Å². The molecule has 0 spiro atoms. The van der Waals surface area contributed by atoms with Crippen molar-refractivity contribution in [1.82, 2.24) is 24.9 Å². The molecule has 4 heterocycles.